The molecule has 3 nitrogen and oxygen atoms in total. The summed E-state index contributed by atoms with van der Waals surface area (Å²) in [7, 11) is 0. The molecule has 106 valence electrons. The topological polar surface area (TPSA) is 49.3 Å². The number of benzene rings is 1. The third-order valence-corrected chi connectivity index (χ3v) is 4.13. The van der Waals surface area contributed by atoms with Gasteiger partial charge in [-0.2, -0.15) is 0 Å². The summed E-state index contributed by atoms with van der Waals surface area (Å²) in [6, 6.07) is 14.2. The molecular weight excluding hydrogens is 270 g/mol. The lowest BCUT2D eigenvalue weighted by Gasteiger charge is -2.15. The summed E-state index contributed by atoms with van der Waals surface area (Å²) in [5.41, 5.74) is 1.32. The summed E-state index contributed by atoms with van der Waals surface area (Å²) in [5, 5.41) is 14.3. The van der Waals surface area contributed by atoms with Gasteiger partial charge in [0.15, 0.2) is 0 Å². The second-order valence-electron chi connectivity index (χ2n) is 4.71. The minimum absolute atomic E-state index is 0.0803. The van der Waals surface area contributed by atoms with Crippen LogP contribution in [-0.4, -0.2) is 17.6 Å². The third-order valence-electron chi connectivity index (χ3n) is 3.14. The summed E-state index contributed by atoms with van der Waals surface area (Å²) in [6.45, 7) is 0.824. The van der Waals surface area contributed by atoms with Gasteiger partial charge in [0.25, 0.3) is 0 Å². The van der Waals surface area contributed by atoms with Gasteiger partial charge in [0.05, 0.1) is 12.5 Å². The first kappa shape index (κ1) is 14.8. The van der Waals surface area contributed by atoms with Crippen molar-refractivity contribution in [1.29, 1.82) is 0 Å². The number of aryl methyl sites for hydroxylation is 1. The number of aliphatic carboxylic acids is 1. The van der Waals surface area contributed by atoms with E-state index in [2.05, 4.69) is 17.4 Å². The van der Waals surface area contributed by atoms with Crippen LogP contribution in [0.1, 0.15) is 29.3 Å². The highest BCUT2D eigenvalue weighted by atomic mass is 32.1. The second-order valence-corrected chi connectivity index (χ2v) is 5.69. The van der Waals surface area contributed by atoms with Crippen molar-refractivity contribution in [3.63, 3.8) is 0 Å². The maximum absolute atomic E-state index is 10.9. The Morgan fingerprint density at radius 2 is 2.00 bits per heavy atom. The van der Waals surface area contributed by atoms with Crippen LogP contribution in [0.25, 0.3) is 0 Å². The third kappa shape index (κ3) is 4.79. The Morgan fingerprint density at radius 3 is 2.65 bits per heavy atom. The van der Waals surface area contributed by atoms with Crippen molar-refractivity contribution in [3.05, 3.63) is 58.3 Å². The molecule has 1 atom stereocenters. The van der Waals surface area contributed by atoms with Gasteiger partial charge < -0.3 is 10.4 Å². The van der Waals surface area contributed by atoms with E-state index >= 15 is 0 Å². The highest BCUT2D eigenvalue weighted by Gasteiger charge is 2.15. The second kappa shape index (κ2) is 7.82. The normalized spacial score (nSPS) is 12.2. The SMILES string of the molecule is O=C(O)CC(NCCCc1ccccc1)c1cccs1. The molecule has 0 fully saturated rings. The molecule has 0 aliphatic rings. The van der Waals surface area contributed by atoms with Crippen LogP contribution in [0.5, 0.6) is 0 Å². The van der Waals surface area contributed by atoms with Gasteiger partial charge in [0.1, 0.15) is 0 Å². The number of hydrogen-bond donors (Lipinski definition) is 2. The Hall–Kier alpha value is -1.65. The van der Waals surface area contributed by atoms with E-state index in [1.54, 1.807) is 11.3 Å². The predicted molar refractivity (Wildman–Crippen MR) is 82.1 cm³/mol. The molecular formula is C16H19NO2S. The molecule has 0 amide bonds. The highest BCUT2D eigenvalue weighted by molar-refractivity contribution is 7.10. The maximum atomic E-state index is 10.9. The summed E-state index contributed by atoms with van der Waals surface area (Å²) < 4.78 is 0. The Morgan fingerprint density at radius 1 is 1.20 bits per heavy atom. The number of carbonyl (C=O) groups is 1. The van der Waals surface area contributed by atoms with Gasteiger partial charge in [-0.15, -0.1) is 11.3 Å². The van der Waals surface area contributed by atoms with E-state index in [1.807, 2.05) is 35.7 Å². The lowest BCUT2D eigenvalue weighted by molar-refractivity contribution is -0.137. The first-order valence-electron chi connectivity index (χ1n) is 6.78. The highest BCUT2D eigenvalue weighted by Crippen LogP contribution is 2.22. The molecule has 0 aliphatic carbocycles. The Labute approximate surface area is 123 Å². The molecule has 0 bridgehead atoms. The van der Waals surface area contributed by atoms with Crippen LogP contribution >= 0.6 is 11.3 Å². The summed E-state index contributed by atoms with van der Waals surface area (Å²) >= 11 is 1.60. The lowest BCUT2D eigenvalue weighted by Crippen LogP contribution is -2.24. The molecule has 2 rings (SSSR count). The Kier molecular flexibility index (Phi) is 5.77. The molecule has 0 radical (unpaired) electrons. The molecule has 2 N–H and O–H groups in total. The van der Waals surface area contributed by atoms with Crippen molar-refractivity contribution in [3.8, 4) is 0 Å². The van der Waals surface area contributed by atoms with Crippen LogP contribution in [0.2, 0.25) is 0 Å². The largest absolute Gasteiger partial charge is 0.481 e. The van der Waals surface area contributed by atoms with E-state index in [9.17, 15) is 4.79 Å². The van der Waals surface area contributed by atoms with Crippen LogP contribution in [-0.2, 0) is 11.2 Å². The molecule has 0 aliphatic heterocycles. The van der Waals surface area contributed by atoms with E-state index in [0.29, 0.717) is 0 Å². The Bertz CT molecular complexity index is 511. The monoisotopic (exact) mass is 289 g/mol. The number of rotatable bonds is 8. The lowest BCUT2D eigenvalue weighted by atomic mass is 10.1. The van der Waals surface area contributed by atoms with Crippen LogP contribution in [0.3, 0.4) is 0 Å². The van der Waals surface area contributed by atoms with E-state index in [1.165, 1.54) is 5.56 Å². The Balaban J connectivity index is 1.79. The van der Waals surface area contributed by atoms with Crippen molar-refractivity contribution in [1.82, 2.24) is 5.32 Å². The number of carboxylic acids is 1. The smallest absolute Gasteiger partial charge is 0.305 e. The molecule has 1 aromatic carbocycles. The average Bonchev–Trinajstić information content (AvgIpc) is 2.97. The molecule has 0 saturated carbocycles. The minimum atomic E-state index is -0.765. The van der Waals surface area contributed by atoms with Crippen molar-refractivity contribution in [2.24, 2.45) is 0 Å². The first-order valence-corrected chi connectivity index (χ1v) is 7.66. The molecule has 1 heterocycles. The van der Waals surface area contributed by atoms with Crippen molar-refractivity contribution in [2.45, 2.75) is 25.3 Å². The van der Waals surface area contributed by atoms with Gasteiger partial charge in [-0.3, -0.25) is 4.79 Å². The molecule has 1 unspecified atom stereocenters. The van der Waals surface area contributed by atoms with E-state index in [4.69, 9.17) is 5.11 Å². The van der Waals surface area contributed by atoms with Gasteiger partial charge in [0, 0.05) is 4.88 Å². The summed E-state index contributed by atoms with van der Waals surface area (Å²) in [6.07, 6.45) is 2.15. The molecule has 4 heteroatoms. The standard InChI is InChI=1S/C16H19NO2S/c18-16(19)12-14(15-9-5-11-20-15)17-10-4-8-13-6-2-1-3-7-13/h1-3,5-7,9,11,14,17H,4,8,10,12H2,(H,18,19). The van der Waals surface area contributed by atoms with Crippen LogP contribution in [0.15, 0.2) is 47.8 Å². The van der Waals surface area contributed by atoms with Crippen LogP contribution < -0.4 is 5.32 Å². The summed E-state index contributed by atoms with van der Waals surface area (Å²) in [5.74, 6) is -0.765. The number of hydrogen-bond acceptors (Lipinski definition) is 3. The minimum Gasteiger partial charge on any atom is -0.481 e. The molecule has 20 heavy (non-hydrogen) atoms. The number of thiophene rings is 1. The zero-order chi connectivity index (χ0) is 14.2. The van der Waals surface area contributed by atoms with E-state index in [0.717, 1.165) is 24.3 Å². The average molecular weight is 289 g/mol. The molecule has 2 aromatic rings. The van der Waals surface area contributed by atoms with Gasteiger partial charge in [0.2, 0.25) is 0 Å². The molecule has 1 aromatic heterocycles. The van der Waals surface area contributed by atoms with Crippen molar-refractivity contribution in [2.75, 3.05) is 6.54 Å². The van der Waals surface area contributed by atoms with Crippen LogP contribution in [0, 0.1) is 0 Å². The van der Waals surface area contributed by atoms with Gasteiger partial charge in [-0.05, 0) is 36.4 Å². The fraction of sp³-hybridized carbons (Fsp3) is 0.312. The van der Waals surface area contributed by atoms with Crippen LogP contribution in [0.4, 0.5) is 0 Å². The van der Waals surface area contributed by atoms with Gasteiger partial charge >= 0.3 is 5.97 Å². The van der Waals surface area contributed by atoms with Gasteiger partial charge in [-0.1, -0.05) is 36.4 Å². The number of nitrogens with one attached hydrogen (secondary N) is 1. The fourth-order valence-corrected chi connectivity index (χ4v) is 2.95. The van der Waals surface area contributed by atoms with Crippen molar-refractivity contribution >= 4 is 17.3 Å². The molecule has 0 spiro atoms. The maximum Gasteiger partial charge on any atom is 0.305 e. The first-order chi connectivity index (χ1) is 9.75. The molecule has 0 saturated heterocycles. The summed E-state index contributed by atoms with van der Waals surface area (Å²) in [4.78, 5) is 12.0. The predicted octanol–water partition coefficient (Wildman–Crippen LogP) is 3.49. The zero-order valence-electron chi connectivity index (χ0n) is 11.3. The fourth-order valence-electron chi connectivity index (χ4n) is 2.15. The van der Waals surface area contributed by atoms with Gasteiger partial charge in [-0.25, -0.2) is 0 Å². The van der Waals surface area contributed by atoms with Crippen molar-refractivity contribution < 1.29 is 9.90 Å². The quantitative estimate of drug-likeness (QED) is 0.731. The van der Waals surface area contributed by atoms with E-state index < -0.39 is 5.97 Å². The van der Waals surface area contributed by atoms with E-state index in [-0.39, 0.29) is 12.5 Å². The number of carboxylic acid groups (broad SMARTS) is 1. The zero-order valence-corrected chi connectivity index (χ0v) is 12.1.